The van der Waals surface area contributed by atoms with Crippen LogP contribution in [-0.4, -0.2) is 33.8 Å². The number of nitrogens with one attached hydrogen (secondary N) is 1. The first-order chi connectivity index (χ1) is 12.2. The second kappa shape index (κ2) is 9.57. The highest BCUT2D eigenvalue weighted by Gasteiger charge is 2.13. The van der Waals surface area contributed by atoms with E-state index in [2.05, 4.69) is 5.32 Å². The number of ether oxygens (including phenoxy) is 3. The van der Waals surface area contributed by atoms with Crippen LogP contribution in [0.1, 0.15) is 17.5 Å². The lowest BCUT2D eigenvalue weighted by atomic mass is 10.1. The van der Waals surface area contributed by atoms with Crippen molar-refractivity contribution in [3.05, 3.63) is 53.6 Å². The van der Waals surface area contributed by atoms with Crippen molar-refractivity contribution in [1.82, 2.24) is 5.32 Å². The van der Waals surface area contributed by atoms with Crippen LogP contribution in [0.4, 0.5) is 0 Å². The van der Waals surface area contributed by atoms with Crippen molar-refractivity contribution in [2.24, 2.45) is 0 Å². The molecule has 5 heteroatoms. The summed E-state index contributed by atoms with van der Waals surface area (Å²) >= 11 is 0. The second-order valence-electron chi connectivity index (χ2n) is 5.62. The number of amides is 1. The van der Waals surface area contributed by atoms with Gasteiger partial charge in [-0.1, -0.05) is 30.3 Å². The van der Waals surface area contributed by atoms with Crippen LogP contribution < -0.4 is 19.5 Å². The van der Waals surface area contributed by atoms with E-state index in [-0.39, 0.29) is 5.91 Å². The molecule has 0 spiro atoms. The van der Waals surface area contributed by atoms with Crippen molar-refractivity contribution >= 4 is 5.91 Å². The molecule has 0 aromatic heterocycles. The first-order valence-corrected chi connectivity index (χ1v) is 8.27. The number of benzene rings is 2. The van der Waals surface area contributed by atoms with Gasteiger partial charge in [-0.15, -0.1) is 0 Å². The summed E-state index contributed by atoms with van der Waals surface area (Å²) in [5.41, 5.74) is 2.18. The summed E-state index contributed by atoms with van der Waals surface area (Å²) in [5, 5.41) is 2.95. The Kier molecular flexibility index (Phi) is 7.14. The topological polar surface area (TPSA) is 56.8 Å². The molecule has 0 aliphatic rings. The van der Waals surface area contributed by atoms with Gasteiger partial charge < -0.3 is 19.5 Å². The Morgan fingerprint density at radius 3 is 2.08 bits per heavy atom. The van der Waals surface area contributed by atoms with E-state index >= 15 is 0 Å². The average Bonchev–Trinajstić information content (AvgIpc) is 2.66. The van der Waals surface area contributed by atoms with E-state index in [4.69, 9.17) is 14.2 Å². The maximum absolute atomic E-state index is 12.0. The van der Waals surface area contributed by atoms with Crippen molar-refractivity contribution in [2.75, 3.05) is 27.9 Å². The zero-order valence-corrected chi connectivity index (χ0v) is 15.0. The first-order valence-electron chi connectivity index (χ1n) is 8.27. The maximum Gasteiger partial charge on any atom is 0.220 e. The molecule has 0 heterocycles. The maximum atomic E-state index is 12.0. The van der Waals surface area contributed by atoms with E-state index in [0.717, 1.165) is 12.0 Å². The van der Waals surface area contributed by atoms with Gasteiger partial charge in [-0.2, -0.15) is 0 Å². The van der Waals surface area contributed by atoms with Crippen LogP contribution in [0.5, 0.6) is 17.2 Å². The number of aryl methyl sites for hydroxylation is 1. The predicted molar refractivity (Wildman–Crippen MR) is 97.6 cm³/mol. The fraction of sp³-hybridized carbons (Fsp3) is 0.350. The number of methoxy groups -OCH3 is 3. The molecule has 0 aliphatic carbocycles. The van der Waals surface area contributed by atoms with Crippen LogP contribution in [0.15, 0.2) is 42.5 Å². The van der Waals surface area contributed by atoms with Crippen LogP contribution in [0.2, 0.25) is 0 Å². The predicted octanol–water partition coefficient (Wildman–Crippen LogP) is 3.00. The lowest BCUT2D eigenvalue weighted by molar-refractivity contribution is -0.121. The van der Waals surface area contributed by atoms with Gasteiger partial charge in [0.2, 0.25) is 11.7 Å². The van der Waals surface area contributed by atoms with Gasteiger partial charge in [0.15, 0.2) is 11.5 Å². The molecule has 25 heavy (non-hydrogen) atoms. The molecule has 0 atom stereocenters. The summed E-state index contributed by atoms with van der Waals surface area (Å²) in [4.78, 5) is 12.0. The van der Waals surface area contributed by atoms with Crippen LogP contribution in [0.25, 0.3) is 0 Å². The average molecular weight is 343 g/mol. The van der Waals surface area contributed by atoms with E-state index < -0.39 is 0 Å². The molecular weight excluding hydrogens is 318 g/mol. The van der Waals surface area contributed by atoms with Crippen molar-refractivity contribution in [3.8, 4) is 17.2 Å². The fourth-order valence-electron chi connectivity index (χ4n) is 2.62. The molecule has 0 radical (unpaired) electrons. The van der Waals surface area contributed by atoms with Crippen LogP contribution in [0.3, 0.4) is 0 Å². The van der Waals surface area contributed by atoms with Crippen molar-refractivity contribution in [3.63, 3.8) is 0 Å². The Hall–Kier alpha value is -2.69. The van der Waals surface area contributed by atoms with Gasteiger partial charge in [-0.3, -0.25) is 4.79 Å². The molecule has 0 aliphatic heterocycles. The fourth-order valence-corrected chi connectivity index (χ4v) is 2.62. The van der Waals surface area contributed by atoms with Gasteiger partial charge in [-0.25, -0.2) is 0 Å². The molecule has 2 aromatic carbocycles. The third-order valence-electron chi connectivity index (χ3n) is 3.94. The molecule has 0 saturated heterocycles. The summed E-state index contributed by atoms with van der Waals surface area (Å²) in [6, 6.07) is 13.8. The lowest BCUT2D eigenvalue weighted by Gasteiger charge is -2.14. The Morgan fingerprint density at radius 2 is 1.52 bits per heavy atom. The number of carbonyl (C=O) groups excluding carboxylic acids is 1. The Bertz CT molecular complexity index is 660. The summed E-state index contributed by atoms with van der Waals surface area (Å²) < 4.78 is 16.0. The molecule has 2 rings (SSSR count). The quantitative estimate of drug-likeness (QED) is 0.760. The molecule has 5 nitrogen and oxygen atoms in total. The first kappa shape index (κ1) is 18.6. The highest BCUT2D eigenvalue weighted by molar-refractivity contribution is 5.76. The van der Waals surface area contributed by atoms with Crippen molar-refractivity contribution in [1.29, 1.82) is 0 Å². The van der Waals surface area contributed by atoms with Gasteiger partial charge >= 0.3 is 0 Å². The molecule has 0 saturated carbocycles. The largest absolute Gasteiger partial charge is 0.493 e. The number of hydrogen-bond donors (Lipinski definition) is 1. The molecule has 134 valence electrons. The third-order valence-corrected chi connectivity index (χ3v) is 3.94. The normalized spacial score (nSPS) is 10.2. The minimum Gasteiger partial charge on any atom is -0.493 e. The zero-order chi connectivity index (χ0) is 18.1. The highest BCUT2D eigenvalue weighted by atomic mass is 16.5. The molecule has 1 amide bonds. The van der Waals surface area contributed by atoms with Crippen molar-refractivity contribution in [2.45, 2.75) is 19.3 Å². The number of rotatable bonds is 9. The second-order valence-corrected chi connectivity index (χ2v) is 5.62. The smallest absolute Gasteiger partial charge is 0.220 e. The van der Waals surface area contributed by atoms with E-state index in [0.29, 0.717) is 36.6 Å². The molecule has 2 aromatic rings. The minimum absolute atomic E-state index is 0.0521. The standard InChI is InChI=1S/C20H25NO4/c1-23-17-13-16(14-18(24-2)20(17)25-3)11-12-21-19(22)10-9-15-7-5-4-6-8-15/h4-8,13-14H,9-12H2,1-3H3,(H,21,22). The Labute approximate surface area is 148 Å². The van der Waals surface area contributed by atoms with E-state index in [9.17, 15) is 4.79 Å². The SMILES string of the molecule is COc1cc(CCNC(=O)CCc2ccccc2)cc(OC)c1OC. The van der Waals surface area contributed by atoms with Gasteiger partial charge in [0.1, 0.15) is 0 Å². The van der Waals surface area contributed by atoms with E-state index in [1.165, 1.54) is 5.56 Å². The highest BCUT2D eigenvalue weighted by Crippen LogP contribution is 2.38. The Balaban J connectivity index is 1.85. The van der Waals surface area contributed by atoms with E-state index in [1.807, 2.05) is 42.5 Å². The van der Waals surface area contributed by atoms with E-state index in [1.54, 1.807) is 21.3 Å². The monoisotopic (exact) mass is 343 g/mol. The number of carbonyl (C=O) groups is 1. The summed E-state index contributed by atoms with van der Waals surface area (Å²) in [7, 11) is 4.76. The molecular formula is C20H25NO4. The molecule has 0 fully saturated rings. The van der Waals surface area contributed by atoms with Crippen LogP contribution in [0, 0.1) is 0 Å². The summed E-state index contributed by atoms with van der Waals surface area (Å²) in [6.07, 6.45) is 1.92. The summed E-state index contributed by atoms with van der Waals surface area (Å²) in [5.74, 6) is 1.86. The van der Waals surface area contributed by atoms with Gasteiger partial charge in [-0.05, 0) is 36.1 Å². The minimum atomic E-state index is 0.0521. The number of hydrogen-bond acceptors (Lipinski definition) is 4. The third kappa shape index (κ3) is 5.41. The molecule has 1 N–H and O–H groups in total. The van der Waals surface area contributed by atoms with Crippen LogP contribution in [-0.2, 0) is 17.6 Å². The van der Waals surface area contributed by atoms with Gasteiger partial charge in [0.05, 0.1) is 21.3 Å². The van der Waals surface area contributed by atoms with Gasteiger partial charge in [0, 0.05) is 13.0 Å². The van der Waals surface area contributed by atoms with Crippen LogP contribution >= 0.6 is 0 Å². The summed E-state index contributed by atoms with van der Waals surface area (Å²) in [6.45, 7) is 0.562. The Morgan fingerprint density at radius 1 is 0.880 bits per heavy atom. The lowest BCUT2D eigenvalue weighted by Crippen LogP contribution is -2.25. The molecule has 0 unspecified atom stereocenters. The van der Waals surface area contributed by atoms with Gasteiger partial charge in [0.25, 0.3) is 0 Å². The molecule has 0 bridgehead atoms. The van der Waals surface area contributed by atoms with Crippen molar-refractivity contribution < 1.29 is 19.0 Å². The zero-order valence-electron chi connectivity index (χ0n) is 15.0.